The molecule has 1 atom stereocenters. The molecule has 1 unspecified atom stereocenters. The summed E-state index contributed by atoms with van der Waals surface area (Å²) in [6.07, 6.45) is 4.78. The van der Waals surface area contributed by atoms with Gasteiger partial charge < -0.3 is 14.5 Å². The minimum Gasteiger partial charge on any atom is -0.478 e. The van der Waals surface area contributed by atoms with E-state index in [4.69, 9.17) is 16.0 Å². The molecular formula is C23H16ClFN2O5. The molecule has 32 heavy (non-hydrogen) atoms. The van der Waals surface area contributed by atoms with Crippen LogP contribution in [0.4, 0.5) is 4.39 Å². The normalized spacial score (nSPS) is 16.6. The number of aromatic amines is 1. The summed E-state index contributed by atoms with van der Waals surface area (Å²) in [4.78, 5) is 39.3. The van der Waals surface area contributed by atoms with Gasteiger partial charge in [-0.15, -0.1) is 11.6 Å². The number of halogens is 2. The van der Waals surface area contributed by atoms with E-state index in [9.17, 15) is 23.9 Å². The van der Waals surface area contributed by atoms with Gasteiger partial charge in [0.2, 0.25) is 0 Å². The first-order valence-electron chi connectivity index (χ1n) is 9.46. The van der Waals surface area contributed by atoms with Crippen LogP contribution in [0.25, 0.3) is 23.9 Å². The summed E-state index contributed by atoms with van der Waals surface area (Å²) in [5, 5.41) is 8.43. The summed E-state index contributed by atoms with van der Waals surface area (Å²) in [6.45, 7) is 3.69. The van der Waals surface area contributed by atoms with Crippen molar-refractivity contribution in [3.63, 3.8) is 0 Å². The molecule has 4 rings (SSSR count). The van der Waals surface area contributed by atoms with Crippen molar-refractivity contribution in [3.8, 4) is 5.69 Å². The molecule has 2 heterocycles. The van der Waals surface area contributed by atoms with Crippen LogP contribution >= 0.6 is 11.6 Å². The molecule has 0 fully saturated rings. The number of hydrogen-bond donors (Lipinski definition) is 2. The number of alkyl halides is 1. The molecule has 1 aromatic carbocycles. The number of furan rings is 1. The second kappa shape index (κ2) is 8.32. The molecular weight excluding hydrogens is 439 g/mol. The van der Waals surface area contributed by atoms with E-state index in [1.807, 2.05) is 0 Å². The highest BCUT2D eigenvalue weighted by Crippen LogP contribution is 2.29. The van der Waals surface area contributed by atoms with E-state index >= 15 is 0 Å². The van der Waals surface area contributed by atoms with Crippen LogP contribution < -0.4 is 21.8 Å². The Morgan fingerprint density at radius 1 is 1.25 bits per heavy atom. The van der Waals surface area contributed by atoms with E-state index in [0.29, 0.717) is 23.4 Å². The number of benzene rings is 1. The number of carbonyl (C=O) groups is 1. The fraction of sp³-hybridized carbons (Fsp3) is 0.0870. The van der Waals surface area contributed by atoms with Crippen molar-refractivity contribution in [2.24, 2.45) is 0 Å². The molecule has 0 spiro atoms. The molecule has 0 saturated carbocycles. The number of rotatable bonds is 4. The van der Waals surface area contributed by atoms with E-state index in [2.05, 4.69) is 11.6 Å². The predicted octanol–water partition coefficient (Wildman–Crippen LogP) is 1.90. The standard InChI is InChI=1S/C23H16ClFN2O5/c1-12-26-21(28)18(22(29)27(12)15-5-3-14(25)4-6-15)11-16-7-9-20(32-16)13-2-8-19(24)17(10-13)23(30)31/h2-7,9-11,19H,1,8H2,(H,26,28)(H,30,31)/b18-11+. The Morgan fingerprint density at radius 3 is 2.66 bits per heavy atom. The van der Waals surface area contributed by atoms with Gasteiger partial charge in [-0.3, -0.25) is 14.2 Å². The van der Waals surface area contributed by atoms with E-state index in [-0.39, 0.29) is 22.0 Å². The van der Waals surface area contributed by atoms with Crippen molar-refractivity contribution in [2.75, 3.05) is 0 Å². The number of carboxylic acid groups (broad SMARTS) is 1. The molecule has 0 saturated heterocycles. The molecule has 7 nitrogen and oxygen atoms in total. The van der Waals surface area contributed by atoms with Crippen LogP contribution in [-0.4, -0.2) is 26.0 Å². The number of H-pyrrole nitrogens is 1. The number of nitrogens with one attached hydrogen (secondary N) is 1. The highest BCUT2D eigenvalue weighted by molar-refractivity contribution is 6.25. The molecule has 0 radical (unpaired) electrons. The van der Waals surface area contributed by atoms with Gasteiger partial charge in [0.05, 0.1) is 16.6 Å². The van der Waals surface area contributed by atoms with Gasteiger partial charge in [0.15, 0.2) is 0 Å². The maximum atomic E-state index is 13.3. The van der Waals surface area contributed by atoms with Crippen LogP contribution in [0.5, 0.6) is 0 Å². The Bertz CT molecular complexity index is 1510. The van der Waals surface area contributed by atoms with Gasteiger partial charge >= 0.3 is 5.97 Å². The van der Waals surface area contributed by atoms with E-state index in [1.54, 1.807) is 18.2 Å². The van der Waals surface area contributed by atoms with Crippen LogP contribution in [-0.2, 0) is 4.79 Å². The SMILES string of the molecule is C=c1[nH]c(=O)/c(=C\c2ccc(C3=CCC(Cl)C(C(=O)O)=C3)o2)c(=O)n1-c1ccc(F)cc1. The Balaban J connectivity index is 1.79. The zero-order valence-corrected chi connectivity index (χ0v) is 17.2. The summed E-state index contributed by atoms with van der Waals surface area (Å²) in [5.41, 5.74) is -0.357. The van der Waals surface area contributed by atoms with E-state index in [1.165, 1.54) is 36.4 Å². The number of hydrogen-bond acceptors (Lipinski definition) is 4. The highest BCUT2D eigenvalue weighted by atomic mass is 35.5. The number of carboxylic acids is 1. The molecule has 162 valence electrons. The van der Waals surface area contributed by atoms with Crippen molar-refractivity contribution in [1.29, 1.82) is 0 Å². The second-order valence-electron chi connectivity index (χ2n) is 7.05. The van der Waals surface area contributed by atoms with Gasteiger partial charge in [-0.2, -0.15) is 0 Å². The average molecular weight is 455 g/mol. The molecule has 9 heteroatoms. The quantitative estimate of drug-likeness (QED) is 0.586. The van der Waals surface area contributed by atoms with Gasteiger partial charge in [0, 0.05) is 5.57 Å². The third-order valence-electron chi connectivity index (χ3n) is 4.93. The predicted molar refractivity (Wildman–Crippen MR) is 118 cm³/mol. The van der Waals surface area contributed by atoms with Crippen molar-refractivity contribution in [3.05, 3.63) is 103 Å². The number of aliphatic carboxylic acids is 1. The largest absolute Gasteiger partial charge is 0.478 e. The molecule has 1 aliphatic rings. The Kier molecular flexibility index (Phi) is 5.54. The summed E-state index contributed by atoms with van der Waals surface area (Å²) in [6, 6.07) is 8.32. The fourth-order valence-corrected chi connectivity index (χ4v) is 3.60. The van der Waals surface area contributed by atoms with Crippen LogP contribution in [0.3, 0.4) is 0 Å². The van der Waals surface area contributed by atoms with Crippen LogP contribution in [0.15, 0.2) is 68.1 Å². The zero-order chi connectivity index (χ0) is 23.0. The lowest BCUT2D eigenvalue weighted by Crippen LogP contribution is -2.52. The Morgan fingerprint density at radius 2 is 1.97 bits per heavy atom. The van der Waals surface area contributed by atoms with Crippen molar-refractivity contribution in [1.82, 2.24) is 9.55 Å². The maximum absolute atomic E-state index is 13.3. The van der Waals surface area contributed by atoms with Crippen molar-refractivity contribution in [2.45, 2.75) is 11.8 Å². The first-order chi connectivity index (χ1) is 15.2. The summed E-state index contributed by atoms with van der Waals surface area (Å²) < 4.78 is 20.1. The maximum Gasteiger partial charge on any atom is 0.333 e. The smallest absolute Gasteiger partial charge is 0.333 e. The first-order valence-corrected chi connectivity index (χ1v) is 9.89. The van der Waals surface area contributed by atoms with Crippen molar-refractivity contribution >= 4 is 35.8 Å². The van der Waals surface area contributed by atoms with Crippen LogP contribution in [0.1, 0.15) is 17.9 Å². The van der Waals surface area contributed by atoms with Crippen LogP contribution in [0, 0.1) is 5.82 Å². The number of allylic oxidation sites excluding steroid dienone is 3. The summed E-state index contributed by atoms with van der Waals surface area (Å²) in [5.74, 6) is -1.01. The molecule has 0 aliphatic heterocycles. The third-order valence-corrected chi connectivity index (χ3v) is 5.34. The second-order valence-corrected chi connectivity index (χ2v) is 7.57. The summed E-state index contributed by atoms with van der Waals surface area (Å²) in [7, 11) is 0. The highest BCUT2D eigenvalue weighted by Gasteiger charge is 2.22. The average Bonchev–Trinajstić information content (AvgIpc) is 3.21. The third kappa shape index (κ3) is 4.00. The Labute approximate surface area is 184 Å². The van der Waals surface area contributed by atoms with Crippen LogP contribution in [0.2, 0.25) is 0 Å². The summed E-state index contributed by atoms with van der Waals surface area (Å²) >= 11 is 6.03. The molecule has 0 amide bonds. The molecule has 0 bridgehead atoms. The van der Waals surface area contributed by atoms with Gasteiger partial charge in [-0.1, -0.05) is 12.7 Å². The topological polar surface area (TPSA) is 105 Å². The molecule has 3 aromatic rings. The zero-order valence-electron chi connectivity index (χ0n) is 16.5. The molecule has 1 aliphatic carbocycles. The van der Waals surface area contributed by atoms with E-state index in [0.717, 1.165) is 4.57 Å². The van der Waals surface area contributed by atoms with Crippen molar-refractivity contribution < 1.29 is 18.7 Å². The van der Waals surface area contributed by atoms with Gasteiger partial charge in [-0.05, 0) is 55.0 Å². The number of aromatic nitrogens is 2. The minimum absolute atomic E-state index is 0.0400. The lowest BCUT2D eigenvalue weighted by atomic mass is 9.97. The van der Waals surface area contributed by atoms with Gasteiger partial charge in [0.1, 0.15) is 28.0 Å². The first kappa shape index (κ1) is 21.3. The number of nitrogens with zero attached hydrogens (tertiary/aromatic N) is 1. The van der Waals surface area contributed by atoms with Gasteiger partial charge in [0.25, 0.3) is 11.1 Å². The minimum atomic E-state index is -1.12. The Hall–Kier alpha value is -3.91. The lowest BCUT2D eigenvalue weighted by molar-refractivity contribution is -0.132. The fourth-order valence-electron chi connectivity index (χ4n) is 3.35. The van der Waals surface area contributed by atoms with Gasteiger partial charge in [-0.25, -0.2) is 9.18 Å². The van der Waals surface area contributed by atoms with E-state index < -0.39 is 28.3 Å². The monoisotopic (exact) mass is 454 g/mol. The molecule has 2 N–H and O–H groups in total. The molecule has 2 aromatic heterocycles. The lowest BCUT2D eigenvalue weighted by Gasteiger charge is -2.14.